The highest BCUT2D eigenvalue weighted by molar-refractivity contribution is 5.87. The van der Waals surface area contributed by atoms with Crippen LogP contribution in [0.4, 0.5) is 4.79 Å². The van der Waals surface area contributed by atoms with E-state index >= 15 is 0 Å². The first kappa shape index (κ1) is 21.2. The van der Waals surface area contributed by atoms with Gasteiger partial charge in [0, 0.05) is 60.7 Å². The maximum Gasteiger partial charge on any atom is 0.317 e. The molecule has 6 heteroatoms. The number of esters is 1. The molecule has 0 atom stereocenters. The maximum absolute atomic E-state index is 12.6. The molecule has 2 heterocycles. The molecule has 1 aliphatic rings. The largest absolute Gasteiger partial charge is 0.469 e. The van der Waals surface area contributed by atoms with E-state index in [0.29, 0.717) is 25.6 Å². The summed E-state index contributed by atoms with van der Waals surface area (Å²) < 4.78 is 7.06. The lowest BCUT2D eigenvalue weighted by molar-refractivity contribution is -0.140. The van der Waals surface area contributed by atoms with Crippen LogP contribution in [0.15, 0.2) is 24.3 Å². The van der Waals surface area contributed by atoms with Gasteiger partial charge in [-0.2, -0.15) is 0 Å². The monoisotopic (exact) mass is 399 g/mol. The summed E-state index contributed by atoms with van der Waals surface area (Å²) in [6.07, 6.45) is 5.12. The molecular weight excluding hydrogens is 366 g/mol. The number of rotatable bonds is 8. The first-order valence-corrected chi connectivity index (χ1v) is 10.7. The molecule has 29 heavy (non-hydrogen) atoms. The summed E-state index contributed by atoms with van der Waals surface area (Å²) in [7, 11) is 1.42. The van der Waals surface area contributed by atoms with Crippen molar-refractivity contribution in [2.45, 2.75) is 65.0 Å². The number of ether oxygens (including phenoxy) is 1. The first-order chi connectivity index (χ1) is 14.0. The topological polar surface area (TPSA) is 63.6 Å². The van der Waals surface area contributed by atoms with Gasteiger partial charge in [-0.05, 0) is 32.8 Å². The highest BCUT2D eigenvalue weighted by Crippen LogP contribution is 2.33. The second kappa shape index (κ2) is 9.81. The fourth-order valence-electron chi connectivity index (χ4n) is 4.26. The molecule has 0 spiro atoms. The second-order valence-corrected chi connectivity index (χ2v) is 8.05. The number of amides is 2. The van der Waals surface area contributed by atoms with Crippen molar-refractivity contribution in [2.24, 2.45) is 0 Å². The van der Waals surface area contributed by atoms with Gasteiger partial charge in [-0.3, -0.25) is 4.79 Å². The van der Waals surface area contributed by atoms with Crippen LogP contribution in [0.1, 0.15) is 63.3 Å². The minimum absolute atomic E-state index is 0.0200. The Morgan fingerprint density at radius 1 is 1.14 bits per heavy atom. The molecule has 2 aromatic rings. The SMILES string of the molecule is COC(=O)CCCCCCNC(=O)N1CCc2c(c3ccccc3n2C(C)C)C1. The highest BCUT2D eigenvalue weighted by Gasteiger charge is 2.26. The van der Waals surface area contributed by atoms with E-state index in [0.717, 1.165) is 38.6 Å². The van der Waals surface area contributed by atoms with Crippen LogP contribution in [-0.4, -0.2) is 41.7 Å². The van der Waals surface area contributed by atoms with Crippen molar-refractivity contribution < 1.29 is 14.3 Å². The van der Waals surface area contributed by atoms with E-state index in [9.17, 15) is 9.59 Å². The number of urea groups is 1. The molecule has 0 aliphatic carbocycles. The zero-order chi connectivity index (χ0) is 20.8. The number of hydrogen-bond acceptors (Lipinski definition) is 3. The summed E-state index contributed by atoms with van der Waals surface area (Å²) >= 11 is 0. The van der Waals surface area contributed by atoms with Crippen molar-refractivity contribution in [2.75, 3.05) is 20.2 Å². The number of para-hydroxylation sites is 1. The Balaban J connectivity index is 1.51. The van der Waals surface area contributed by atoms with Crippen molar-refractivity contribution in [3.05, 3.63) is 35.5 Å². The zero-order valence-corrected chi connectivity index (χ0v) is 17.9. The molecule has 0 saturated heterocycles. The molecule has 0 saturated carbocycles. The van der Waals surface area contributed by atoms with Gasteiger partial charge in [-0.15, -0.1) is 0 Å². The average Bonchev–Trinajstić information content (AvgIpc) is 3.06. The number of benzene rings is 1. The molecule has 0 unspecified atom stereocenters. The van der Waals surface area contributed by atoms with E-state index < -0.39 is 0 Å². The summed E-state index contributed by atoms with van der Waals surface area (Å²) in [5.74, 6) is -0.151. The van der Waals surface area contributed by atoms with Crippen molar-refractivity contribution >= 4 is 22.9 Å². The Bertz CT molecular complexity index is 856. The molecule has 3 rings (SSSR count). The Labute approximate surface area is 173 Å². The number of nitrogens with zero attached hydrogens (tertiary/aromatic N) is 2. The molecule has 0 radical (unpaired) electrons. The van der Waals surface area contributed by atoms with Gasteiger partial charge in [0.25, 0.3) is 0 Å². The smallest absolute Gasteiger partial charge is 0.317 e. The van der Waals surface area contributed by atoms with Crippen LogP contribution in [0.3, 0.4) is 0 Å². The average molecular weight is 400 g/mol. The van der Waals surface area contributed by atoms with Gasteiger partial charge in [0.15, 0.2) is 0 Å². The number of nitrogens with one attached hydrogen (secondary N) is 1. The summed E-state index contributed by atoms with van der Waals surface area (Å²) in [4.78, 5) is 25.7. The van der Waals surface area contributed by atoms with E-state index in [-0.39, 0.29) is 12.0 Å². The number of aromatic nitrogens is 1. The quantitative estimate of drug-likeness (QED) is 0.528. The van der Waals surface area contributed by atoms with Crippen molar-refractivity contribution in [3.63, 3.8) is 0 Å². The Kier molecular flexibility index (Phi) is 7.18. The van der Waals surface area contributed by atoms with E-state index in [1.807, 2.05) is 4.90 Å². The van der Waals surface area contributed by atoms with Crippen LogP contribution in [0, 0.1) is 0 Å². The van der Waals surface area contributed by atoms with Crippen LogP contribution in [0.5, 0.6) is 0 Å². The number of fused-ring (bicyclic) bond motifs is 3. The van der Waals surface area contributed by atoms with Crippen LogP contribution < -0.4 is 5.32 Å². The molecule has 6 nitrogen and oxygen atoms in total. The number of unbranched alkanes of at least 4 members (excludes halogenated alkanes) is 3. The van der Waals surface area contributed by atoms with E-state index in [1.165, 1.54) is 29.3 Å². The molecule has 158 valence electrons. The Morgan fingerprint density at radius 3 is 2.66 bits per heavy atom. The molecule has 1 N–H and O–H groups in total. The third-order valence-electron chi connectivity index (χ3n) is 5.71. The standard InChI is InChI=1S/C23H33N3O3/c1-17(2)26-20-11-8-7-10-18(20)19-16-25(15-13-21(19)26)23(28)24-14-9-5-4-6-12-22(27)29-3/h7-8,10-11,17H,4-6,9,12-16H2,1-3H3,(H,24,28). The van der Waals surface area contributed by atoms with Gasteiger partial charge < -0.3 is 19.5 Å². The lowest BCUT2D eigenvalue weighted by Gasteiger charge is -2.29. The molecule has 1 aromatic carbocycles. The minimum Gasteiger partial charge on any atom is -0.469 e. The molecule has 1 aliphatic heterocycles. The number of hydrogen-bond donors (Lipinski definition) is 1. The highest BCUT2D eigenvalue weighted by atomic mass is 16.5. The molecule has 0 bridgehead atoms. The Hall–Kier alpha value is -2.50. The lowest BCUT2D eigenvalue weighted by Crippen LogP contribution is -2.43. The molecule has 1 aromatic heterocycles. The zero-order valence-electron chi connectivity index (χ0n) is 17.9. The molecule has 2 amide bonds. The van der Waals surface area contributed by atoms with Gasteiger partial charge in [-0.25, -0.2) is 4.79 Å². The number of carbonyl (C=O) groups is 2. The normalized spacial score (nSPS) is 13.6. The maximum atomic E-state index is 12.6. The van der Waals surface area contributed by atoms with E-state index in [1.54, 1.807) is 0 Å². The van der Waals surface area contributed by atoms with Crippen molar-refractivity contribution in [1.29, 1.82) is 0 Å². The fourth-order valence-corrected chi connectivity index (χ4v) is 4.26. The summed E-state index contributed by atoms with van der Waals surface area (Å²) in [6, 6.07) is 8.94. The summed E-state index contributed by atoms with van der Waals surface area (Å²) in [5.41, 5.74) is 3.93. The van der Waals surface area contributed by atoms with Gasteiger partial charge in [0.05, 0.1) is 7.11 Å². The Morgan fingerprint density at radius 2 is 1.90 bits per heavy atom. The van der Waals surface area contributed by atoms with Crippen LogP contribution in [-0.2, 0) is 22.5 Å². The minimum atomic E-state index is -0.151. The van der Waals surface area contributed by atoms with Gasteiger partial charge in [-0.1, -0.05) is 31.0 Å². The third-order valence-corrected chi connectivity index (χ3v) is 5.71. The van der Waals surface area contributed by atoms with Gasteiger partial charge in [0.1, 0.15) is 0 Å². The van der Waals surface area contributed by atoms with E-state index in [2.05, 4.69) is 52.7 Å². The van der Waals surface area contributed by atoms with Gasteiger partial charge in [0.2, 0.25) is 0 Å². The van der Waals surface area contributed by atoms with Crippen molar-refractivity contribution in [3.8, 4) is 0 Å². The van der Waals surface area contributed by atoms with E-state index in [4.69, 9.17) is 0 Å². The first-order valence-electron chi connectivity index (χ1n) is 10.7. The predicted octanol–water partition coefficient (Wildman–Crippen LogP) is 4.41. The lowest BCUT2D eigenvalue weighted by atomic mass is 10.0. The predicted molar refractivity (Wildman–Crippen MR) is 115 cm³/mol. The second-order valence-electron chi connectivity index (χ2n) is 8.05. The summed E-state index contributed by atoms with van der Waals surface area (Å²) in [6.45, 7) is 6.53. The van der Waals surface area contributed by atoms with Gasteiger partial charge >= 0.3 is 12.0 Å². The third kappa shape index (κ3) is 4.92. The number of methoxy groups -OCH3 is 1. The van der Waals surface area contributed by atoms with Crippen LogP contribution in [0.25, 0.3) is 10.9 Å². The molecular formula is C23H33N3O3. The summed E-state index contributed by atoms with van der Waals surface area (Å²) in [5, 5.41) is 4.32. The fraction of sp³-hybridized carbons (Fsp3) is 0.565. The van der Waals surface area contributed by atoms with Crippen LogP contribution >= 0.6 is 0 Å². The van der Waals surface area contributed by atoms with Crippen molar-refractivity contribution in [1.82, 2.24) is 14.8 Å². The van der Waals surface area contributed by atoms with Crippen LogP contribution in [0.2, 0.25) is 0 Å². The molecule has 0 fully saturated rings. The number of carbonyl (C=O) groups excluding carboxylic acids is 2.